The summed E-state index contributed by atoms with van der Waals surface area (Å²) in [5.74, 6) is 0.0420. The zero-order valence-electron chi connectivity index (χ0n) is 12.1. The number of nitrogen functional groups attached to an aromatic ring is 1. The molecule has 0 aliphatic carbocycles. The Bertz CT molecular complexity index is 538. The molecule has 0 heterocycles. The molecular weight excluding hydrogens is 274 g/mol. The van der Waals surface area contributed by atoms with Crippen molar-refractivity contribution in [3.8, 4) is 0 Å². The van der Waals surface area contributed by atoms with Crippen LogP contribution in [0.2, 0.25) is 0 Å². The molecule has 0 radical (unpaired) electrons. The van der Waals surface area contributed by atoms with Gasteiger partial charge in [-0.15, -0.1) is 0 Å². The van der Waals surface area contributed by atoms with E-state index >= 15 is 0 Å². The van der Waals surface area contributed by atoms with E-state index in [-0.39, 0.29) is 16.5 Å². The number of sulfone groups is 1. The number of nitrogens with one attached hydrogen (secondary N) is 1. The zero-order chi connectivity index (χ0) is 15.2. The molecule has 0 atom stereocenters. The van der Waals surface area contributed by atoms with Crippen molar-refractivity contribution in [1.29, 1.82) is 5.41 Å². The van der Waals surface area contributed by atoms with Gasteiger partial charge in [0.15, 0.2) is 9.84 Å². The predicted molar refractivity (Wildman–Crippen MR) is 81.9 cm³/mol. The van der Waals surface area contributed by atoms with E-state index < -0.39 is 9.84 Å². The third kappa shape index (κ3) is 4.94. The lowest BCUT2D eigenvalue weighted by Gasteiger charge is -2.16. The van der Waals surface area contributed by atoms with Gasteiger partial charge in [0.25, 0.3) is 0 Å². The quantitative estimate of drug-likeness (QED) is 0.562. The van der Waals surface area contributed by atoms with Crippen LogP contribution in [-0.2, 0) is 9.84 Å². The number of nitrogens with zero attached hydrogens (tertiary/aromatic N) is 1. The molecule has 0 saturated heterocycles. The van der Waals surface area contributed by atoms with E-state index in [2.05, 4.69) is 6.92 Å². The first kappa shape index (κ1) is 16.7. The summed E-state index contributed by atoms with van der Waals surface area (Å²) in [4.78, 5) is 2.32. The summed E-state index contributed by atoms with van der Waals surface area (Å²) in [5.41, 5.74) is 5.88. The number of nitrogens with two attached hydrogens (primary N) is 1. The normalized spacial score (nSPS) is 11.8. The summed E-state index contributed by atoms with van der Waals surface area (Å²) in [5, 5.41) is 7.29. The monoisotopic (exact) mass is 297 g/mol. The summed E-state index contributed by atoms with van der Waals surface area (Å²) < 4.78 is 24.4. The van der Waals surface area contributed by atoms with E-state index in [4.69, 9.17) is 11.1 Å². The van der Waals surface area contributed by atoms with Crippen LogP contribution in [0.4, 0.5) is 0 Å². The fourth-order valence-corrected chi connectivity index (χ4v) is 3.11. The molecule has 6 heteroatoms. The van der Waals surface area contributed by atoms with Crippen LogP contribution in [0, 0.1) is 5.41 Å². The molecule has 1 rings (SSSR count). The molecule has 1 aromatic rings. The van der Waals surface area contributed by atoms with Gasteiger partial charge in [0, 0.05) is 12.1 Å². The molecule has 5 nitrogen and oxygen atoms in total. The maximum Gasteiger partial charge on any atom is 0.179 e. The summed E-state index contributed by atoms with van der Waals surface area (Å²) in [7, 11) is -1.34. The SMILES string of the molecule is CCCCN(C)CCS(=O)(=O)c1ccc(C(=N)N)cc1. The molecular formula is C14H23N3O2S. The van der Waals surface area contributed by atoms with Gasteiger partial charge in [0.1, 0.15) is 5.84 Å². The van der Waals surface area contributed by atoms with Crippen molar-refractivity contribution in [2.75, 3.05) is 25.9 Å². The van der Waals surface area contributed by atoms with Crippen molar-refractivity contribution in [3.05, 3.63) is 29.8 Å². The largest absolute Gasteiger partial charge is 0.384 e. The second kappa shape index (κ2) is 7.40. The molecule has 0 saturated carbocycles. The maximum absolute atomic E-state index is 12.2. The van der Waals surface area contributed by atoms with E-state index in [0.29, 0.717) is 12.1 Å². The first-order valence-electron chi connectivity index (χ1n) is 6.72. The summed E-state index contributed by atoms with van der Waals surface area (Å²) in [6.07, 6.45) is 2.17. The fraction of sp³-hybridized carbons (Fsp3) is 0.500. The molecule has 0 amide bonds. The van der Waals surface area contributed by atoms with E-state index in [1.54, 1.807) is 12.1 Å². The van der Waals surface area contributed by atoms with E-state index in [1.165, 1.54) is 12.1 Å². The van der Waals surface area contributed by atoms with Gasteiger partial charge in [-0.25, -0.2) is 8.42 Å². The second-order valence-electron chi connectivity index (χ2n) is 4.91. The fourth-order valence-electron chi connectivity index (χ4n) is 1.78. The molecule has 3 N–H and O–H groups in total. The summed E-state index contributed by atoms with van der Waals surface area (Å²) in [6, 6.07) is 6.16. The zero-order valence-corrected chi connectivity index (χ0v) is 12.9. The van der Waals surface area contributed by atoms with Gasteiger partial charge in [-0.1, -0.05) is 25.5 Å². The number of hydrogen-bond donors (Lipinski definition) is 2. The van der Waals surface area contributed by atoms with Gasteiger partial charge in [0.05, 0.1) is 10.6 Å². The summed E-state index contributed by atoms with van der Waals surface area (Å²) in [6.45, 7) is 3.55. The van der Waals surface area contributed by atoms with Crippen molar-refractivity contribution in [2.45, 2.75) is 24.7 Å². The first-order chi connectivity index (χ1) is 9.36. The molecule has 20 heavy (non-hydrogen) atoms. The third-order valence-electron chi connectivity index (χ3n) is 3.16. The Morgan fingerprint density at radius 1 is 1.25 bits per heavy atom. The lowest BCUT2D eigenvalue weighted by atomic mass is 10.2. The van der Waals surface area contributed by atoms with Gasteiger partial charge in [0.2, 0.25) is 0 Å². The first-order valence-corrected chi connectivity index (χ1v) is 8.38. The van der Waals surface area contributed by atoms with E-state index in [1.807, 2.05) is 11.9 Å². The van der Waals surface area contributed by atoms with Crippen molar-refractivity contribution in [1.82, 2.24) is 4.90 Å². The molecule has 112 valence electrons. The molecule has 0 fully saturated rings. The minimum atomic E-state index is -3.28. The number of amidine groups is 1. The number of hydrogen-bond acceptors (Lipinski definition) is 4. The van der Waals surface area contributed by atoms with Crippen molar-refractivity contribution >= 4 is 15.7 Å². The summed E-state index contributed by atoms with van der Waals surface area (Å²) >= 11 is 0. The second-order valence-corrected chi connectivity index (χ2v) is 7.02. The Hall–Kier alpha value is -1.40. The number of rotatable bonds is 8. The lowest BCUT2D eigenvalue weighted by molar-refractivity contribution is 0.346. The van der Waals surface area contributed by atoms with Crippen LogP contribution in [0.3, 0.4) is 0 Å². The predicted octanol–water partition coefficient (Wildman–Crippen LogP) is 1.48. The van der Waals surface area contributed by atoms with Crippen LogP contribution < -0.4 is 5.73 Å². The highest BCUT2D eigenvalue weighted by atomic mass is 32.2. The van der Waals surface area contributed by atoms with Crippen molar-refractivity contribution in [3.63, 3.8) is 0 Å². The highest BCUT2D eigenvalue weighted by molar-refractivity contribution is 7.91. The van der Waals surface area contributed by atoms with Crippen molar-refractivity contribution in [2.24, 2.45) is 5.73 Å². The van der Waals surface area contributed by atoms with E-state index in [0.717, 1.165) is 19.4 Å². The standard InChI is InChI=1S/C14H23N3O2S/c1-3-4-9-17(2)10-11-20(18,19)13-7-5-12(6-8-13)14(15)16/h5-8H,3-4,9-11H2,1-2H3,(H3,15,16). The van der Waals surface area contributed by atoms with Gasteiger partial charge in [-0.2, -0.15) is 0 Å². The highest BCUT2D eigenvalue weighted by Crippen LogP contribution is 2.12. The third-order valence-corrected chi connectivity index (χ3v) is 4.87. The molecule has 0 aliphatic rings. The topological polar surface area (TPSA) is 87.2 Å². The molecule has 0 aliphatic heterocycles. The molecule has 0 unspecified atom stereocenters. The average molecular weight is 297 g/mol. The minimum Gasteiger partial charge on any atom is -0.384 e. The molecule has 0 bridgehead atoms. The Labute approximate surface area is 121 Å². The van der Waals surface area contributed by atoms with Gasteiger partial charge >= 0.3 is 0 Å². The van der Waals surface area contributed by atoms with Crippen LogP contribution >= 0.6 is 0 Å². The Balaban J connectivity index is 2.66. The minimum absolute atomic E-state index is 0.0618. The average Bonchev–Trinajstić information content (AvgIpc) is 2.43. The van der Waals surface area contributed by atoms with Gasteiger partial charge in [-0.05, 0) is 32.1 Å². The Morgan fingerprint density at radius 3 is 2.35 bits per heavy atom. The Kier molecular flexibility index (Phi) is 6.16. The lowest BCUT2D eigenvalue weighted by Crippen LogP contribution is -2.26. The van der Waals surface area contributed by atoms with Gasteiger partial charge in [-0.3, -0.25) is 5.41 Å². The molecule has 1 aromatic carbocycles. The maximum atomic E-state index is 12.2. The van der Waals surface area contributed by atoms with Crippen LogP contribution in [0.1, 0.15) is 25.3 Å². The van der Waals surface area contributed by atoms with Gasteiger partial charge < -0.3 is 10.6 Å². The van der Waals surface area contributed by atoms with Crippen LogP contribution in [0.15, 0.2) is 29.2 Å². The number of unbranched alkanes of at least 4 members (excludes halogenated alkanes) is 1. The van der Waals surface area contributed by atoms with Crippen LogP contribution in [0.25, 0.3) is 0 Å². The van der Waals surface area contributed by atoms with Crippen molar-refractivity contribution < 1.29 is 8.42 Å². The Morgan fingerprint density at radius 2 is 1.85 bits per heavy atom. The number of benzene rings is 1. The van der Waals surface area contributed by atoms with Crippen LogP contribution in [-0.4, -0.2) is 45.0 Å². The van der Waals surface area contributed by atoms with E-state index in [9.17, 15) is 8.42 Å². The molecule has 0 aromatic heterocycles. The smallest absolute Gasteiger partial charge is 0.179 e. The molecule has 0 spiro atoms. The highest BCUT2D eigenvalue weighted by Gasteiger charge is 2.15. The van der Waals surface area contributed by atoms with Crippen LogP contribution in [0.5, 0.6) is 0 Å².